The number of nitrogens with two attached hydrogens (primary N) is 1. The standard InChI is InChI=1S/C22H18ClN3O/c1-16(18(14-24)13-20-5-4-12-27-20)26(22-7-3-2-6-21(22)25)15-17-8-10-19(23)11-9-17/h2-13H,1,15,25H2/b18-13+. The zero-order valence-corrected chi connectivity index (χ0v) is 15.4. The monoisotopic (exact) mass is 375 g/mol. The number of hydrogen-bond acceptors (Lipinski definition) is 4. The second-order valence-electron chi connectivity index (χ2n) is 5.90. The van der Waals surface area contributed by atoms with Gasteiger partial charge in [-0.05, 0) is 42.0 Å². The third kappa shape index (κ3) is 4.41. The molecule has 0 bridgehead atoms. The first-order valence-electron chi connectivity index (χ1n) is 8.29. The van der Waals surface area contributed by atoms with E-state index in [0.717, 1.165) is 11.3 Å². The Morgan fingerprint density at radius 1 is 1.15 bits per heavy atom. The number of anilines is 2. The molecule has 5 heteroatoms. The number of rotatable bonds is 6. The molecule has 2 aromatic carbocycles. The molecule has 0 saturated carbocycles. The Morgan fingerprint density at radius 3 is 2.52 bits per heavy atom. The fourth-order valence-corrected chi connectivity index (χ4v) is 2.80. The number of nitrogens with zero attached hydrogens (tertiary/aromatic N) is 2. The highest BCUT2D eigenvalue weighted by Crippen LogP contribution is 2.31. The van der Waals surface area contributed by atoms with Gasteiger partial charge < -0.3 is 15.1 Å². The Balaban J connectivity index is 2.00. The molecule has 0 aliphatic rings. The second-order valence-corrected chi connectivity index (χ2v) is 6.34. The van der Waals surface area contributed by atoms with E-state index >= 15 is 0 Å². The van der Waals surface area contributed by atoms with Crippen LogP contribution in [0.2, 0.25) is 5.02 Å². The van der Waals surface area contributed by atoms with Gasteiger partial charge in [0.05, 0.1) is 28.9 Å². The number of allylic oxidation sites excluding steroid dienone is 1. The van der Waals surface area contributed by atoms with E-state index in [0.29, 0.717) is 34.3 Å². The van der Waals surface area contributed by atoms with Crippen molar-refractivity contribution in [3.05, 3.63) is 101 Å². The van der Waals surface area contributed by atoms with Crippen molar-refractivity contribution in [3.8, 4) is 6.07 Å². The quantitative estimate of drug-likeness (QED) is 0.344. The molecule has 1 heterocycles. The number of para-hydroxylation sites is 2. The van der Waals surface area contributed by atoms with E-state index in [1.165, 1.54) is 0 Å². The molecule has 0 amide bonds. The van der Waals surface area contributed by atoms with Gasteiger partial charge in [0.2, 0.25) is 0 Å². The number of hydrogen-bond donors (Lipinski definition) is 1. The Kier molecular flexibility index (Phi) is 5.65. The van der Waals surface area contributed by atoms with Gasteiger partial charge in [-0.2, -0.15) is 5.26 Å². The molecular formula is C22H18ClN3O. The fraction of sp³-hybridized carbons (Fsp3) is 0.0455. The predicted octanol–water partition coefficient (Wildman–Crippen LogP) is 5.64. The van der Waals surface area contributed by atoms with Crippen molar-refractivity contribution < 1.29 is 4.42 Å². The van der Waals surface area contributed by atoms with Gasteiger partial charge in [0.1, 0.15) is 11.8 Å². The predicted molar refractivity (Wildman–Crippen MR) is 110 cm³/mol. The first kappa shape index (κ1) is 18.4. The van der Waals surface area contributed by atoms with Crippen molar-refractivity contribution in [1.29, 1.82) is 5.26 Å². The zero-order valence-electron chi connectivity index (χ0n) is 14.6. The second kappa shape index (κ2) is 8.31. The molecule has 4 nitrogen and oxygen atoms in total. The van der Waals surface area contributed by atoms with Crippen molar-refractivity contribution in [3.63, 3.8) is 0 Å². The highest BCUT2D eigenvalue weighted by molar-refractivity contribution is 6.30. The van der Waals surface area contributed by atoms with Gasteiger partial charge in [0.25, 0.3) is 0 Å². The molecule has 3 rings (SSSR count). The summed E-state index contributed by atoms with van der Waals surface area (Å²) in [6, 6.07) is 20.8. The molecule has 1 aromatic heterocycles. The number of nitriles is 1. The third-order valence-corrected chi connectivity index (χ3v) is 4.32. The molecule has 0 aliphatic heterocycles. The lowest BCUT2D eigenvalue weighted by atomic mass is 10.1. The molecule has 0 atom stereocenters. The Bertz CT molecular complexity index is 999. The van der Waals surface area contributed by atoms with Gasteiger partial charge in [0.15, 0.2) is 0 Å². The van der Waals surface area contributed by atoms with E-state index in [4.69, 9.17) is 21.8 Å². The van der Waals surface area contributed by atoms with Crippen LogP contribution in [0.25, 0.3) is 6.08 Å². The third-order valence-electron chi connectivity index (χ3n) is 4.07. The highest BCUT2D eigenvalue weighted by atomic mass is 35.5. The number of halogens is 1. The van der Waals surface area contributed by atoms with Crippen LogP contribution < -0.4 is 10.6 Å². The lowest BCUT2D eigenvalue weighted by Gasteiger charge is -2.28. The maximum atomic E-state index is 9.67. The molecule has 0 fully saturated rings. The SMILES string of the molecule is C=C(/C(C#N)=C/c1ccco1)N(Cc1ccc(Cl)cc1)c1ccccc1N. The van der Waals surface area contributed by atoms with Crippen molar-refractivity contribution in [1.82, 2.24) is 0 Å². The van der Waals surface area contributed by atoms with Crippen LogP contribution in [0, 0.1) is 11.3 Å². The molecule has 0 saturated heterocycles. The maximum absolute atomic E-state index is 9.67. The van der Waals surface area contributed by atoms with Crippen LogP contribution in [0.3, 0.4) is 0 Å². The average Bonchev–Trinajstić information content (AvgIpc) is 3.19. The fourth-order valence-electron chi connectivity index (χ4n) is 2.67. The minimum atomic E-state index is 0.391. The van der Waals surface area contributed by atoms with Crippen LogP contribution in [0.4, 0.5) is 11.4 Å². The van der Waals surface area contributed by atoms with Crippen molar-refractivity contribution >= 4 is 29.1 Å². The van der Waals surface area contributed by atoms with Crippen molar-refractivity contribution in [2.75, 3.05) is 10.6 Å². The van der Waals surface area contributed by atoms with E-state index in [2.05, 4.69) is 12.6 Å². The maximum Gasteiger partial charge on any atom is 0.128 e. The largest absolute Gasteiger partial charge is 0.465 e. The Labute approximate surface area is 163 Å². The van der Waals surface area contributed by atoms with Gasteiger partial charge in [-0.1, -0.05) is 42.4 Å². The normalized spacial score (nSPS) is 11.0. The Hall–Kier alpha value is -3.42. The van der Waals surface area contributed by atoms with Crippen molar-refractivity contribution in [2.45, 2.75) is 6.54 Å². The van der Waals surface area contributed by atoms with E-state index < -0.39 is 0 Å². The average molecular weight is 376 g/mol. The van der Waals surface area contributed by atoms with Gasteiger partial charge in [-0.25, -0.2) is 0 Å². The molecule has 0 unspecified atom stereocenters. The number of furan rings is 1. The molecular weight excluding hydrogens is 358 g/mol. The summed E-state index contributed by atoms with van der Waals surface area (Å²) in [4.78, 5) is 1.91. The van der Waals surface area contributed by atoms with Gasteiger partial charge >= 0.3 is 0 Å². The first-order chi connectivity index (χ1) is 13.1. The van der Waals surface area contributed by atoms with Crippen LogP contribution in [0.15, 0.2) is 89.2 Å². The minimum Gasteiger partial charge on any atom is -0.465 e. The molecule has 3 aromatic rings. The van der Waals surface area contributed by atoms with E-state index in [9.17, 15) is 5.26 Å². The lowest BCUT2D eigenvalue weighted by Crippen LogP contribution is -2.23. The van der Waals surface area contributed by atoms with Crippen LogP contribution in [-0.2, 0) is 6.54 Å². The molecule has 0 spiro atoms. The summed E-state index contributed by atoms with van der Waals surface area (Å²) in [5.74, 6) is 0.583. The van der Waals surface area contributed by atoms with E-state index in [-0.39, 0.29) is 0 Å². The smallest absolute Gasteiger partial charge is 0.128 e. The van der Waals surface area contributed by atoms with Crippen LogP contribution in [0.1, 0.15) is 11.3 Å². The van der Waals surface area contributed by atoms with E-state index in [1.807, 2.05) is 53.4 Å². The number of benzene rings is 2. The summed E-state index contributed by atoms with van der Waals surface area (Å²) in [5, 5.41) is 10.3. The summed E-state index contributed by atoms with van der Waals surface area (Å²) in [7, 11) is 0. The van der Waals surface area contributed by atoms with Gasteiger partial charge in [-0.3, -0.25) is 0 Å². The van der Waals surface area contributed by atoms with Crippen molar-refractivity contribution in [2.24, 2.45) is 0 Å². The summed E-state index contributed by atoms with van der Waals surface area (Å²) < 4.78 is 5.33. The molecule has 134 valence electrons. The van der Waals surface area contributed by atoms with Crippen LogP contribution >= 0.6 is 11.6 Å². The summed E-state index contributed by atoms with van der Waals surface area (Å²) in [6.45, 7) is 4.64. The summed E-state index contributed by atoms with van der Waals surface area (Å²) >= 11 is 5.99. The molecule has 27 heavy (non-hydrogen) atoms. The number of nitrogen functional groups attached to an aromatic ring is 1. The van der Waals surface area contributed by atoms with Gasteiger partial charge in [-0.15, -0.1) is 0 Å². The minimum absolute atomic E-state index is 0.391. The van der Waals surface area contributed by atoms with E-state index in [1.54, 1.807) is 24.5 Å². The topological polar surface area (TPSA) is 66.2 Å². The molecule has 0 radical (unpaired) electrons. The van der Waals surface area contributed by atoms with Crippen LogP contribution in [0.5, 0.6) is 0 Å². The lowest BCUT2D eigenvalue weighted by molar-refractivity contribution is 0.557. The molecule has 2 N–H and O–H groups in total. The Morgan fingerprint density at radius 2 is 1.89 bits per heavy atom. The highest BCUT2D eigenvalue weighted by Gasteiger charge is 2.17. The summed E-state index contributed by atoms with van der Waals surface area (Å²) in [5.41, 5.74) is 9.50. The van der Waals surface area contributed by atoms with Gasteiger partial charge in [0, 0.05) is 17.6 Å². The zero-order chi connectivity index (χ0) is 19.2. The molecule has 0 aliphatic carbocycles. The summed E-state index contributed by atoms with van der Waals surface area (Å²) in [6.07, 6.45) is 3.22. The van der Waals surface area contributed by atoms with Crippen LogP contribution in [-0.4, -0.2) is 0 Å². The first-order valence-corrected chi connectivity index (χ1v) is 8.67.